The Balaban J connectivity index is 1.88. The number of rotatable bonds is 4. The number of nitrogens with one attached hydrogen (secondary N) is 1. The maximum Gasteiger partial charge on any atom is 0.230 e. The molecule has 0 bridgehead atoms. The quantitative estimate of drug-likeness (QED) is 0.528. The van der Waals surface area contributed by atoms with E-state index >= 15 is 0 Å². The van der Waals surface area contributed by atoms with Crippen molar-refractivity contribution in [3.05, 3.63) is 22.2 Å². The first-order valence-corrected chi connectivity index (χ1v) is 11.2. The van der Waals surface area contributed by atoms with Crippen LogP contribution in [0, 0.1) is 16.7 Å². The maximum atomic E-state index is 13.3. The van der Waals surface area contributed by atoms with Crippen molar-refractivity contribution >= 4 is 51.7 Å². The monoisotopic (exact) mass is 427 g/mol. The lowest BCUT2D eigenvalue weighted by Crippen LogP contribution is -2.40. The Kier molecular flexibility index (Phi) is 6.20. The molecule has 0 atom stereocenters. The van der Waals surface area contributed by atoms with Gasteiger partial charge in [0.05, 0.1) is 21.1 Å². The summed E-state index contributed by atoms with van der Waals surface area (Å²) in [4.78, 5) is 26.5. The van der Waals surface area contributed by atoms with E-state index in [4.69, 9.17) is 23.2 Å². The van der Waals surface area contributed by atoms with Crippen LogP contribution in [0.1, 0.15) is 65.7 Å². The predicted molar refractivity (Wildman–Crippen MR) is 114 cm³/mol. The van der Waals surface area contributed by atoms with Crippen molar-refractivity contribution in [3.8, 4) is 0 Å². The highest BCUT2D eigenvalue weighted by molar-refractivity contribution is 8.13. The average molecular weight is 428 g/mol. The molecule has 1 aromatic carbocycles. The first-order chi connectivity index (χ1) is 12.6. The number of thioether (sulfide) groups is 1. The fourth-order valence-corrected chi connectivity index (χ4v) is 5.14. The van der Waals surface area contributed by atoms with E-state index in [1.54, 1.807) is 12.1 Å². The zero-order chi connectivity index (χ0) is 19.8. The standard InChI is InChI=1S/C21H27Cl2NO2S/c1-20(2,3)19(26)27-17-12-15(23)14(22)11-16(17)24-18(25)21(13-7-8-13)9-5-4-6-10-21/h11-13H,4-10H2,1-3H3,(H,24,25). The summed E-state index contributed by atoms with van der Waals surface area (Å²) in [6.45, 7) is 5.63. The van der Waals surface area contributed by atoms with Crippen LogP contribution >= 0.6 is 35.0 Å². The highest BCUT2D eigenvalue weighted by atomic mass is 35.5. The molecule has 1 N–H and O–H groups in total. The van der Waals surface area contributed by atoms with Crippen LogP contribution < -0.4 is 5.32 Å². The molecule has 1 amide bonds. The van der Waals surface area contributed by atoms with E-state index in [1.165, 1.54) is 6.42 Å². The third-order valence-electron chi connectivity index (χ3n) is 5.64. The molecule has 2 saturated carbocycles. The minimum absolute atomic E-state index is 0.0194. The minimum Gasteiger partial charge on any atom is -0.325 e. The number of hydrogen-bond acceptors (Lipinski definition) is 3. The molecular formula is C21H27Cl2NO2S. The van der Waals surface area contributed by atoms with Crippen LogP contribution in [0.15, 0.2) is 17.0 Å². The van der Waals surface area contributed by atoms with E-state index < -0.39 is 5.41 Å². The number of halogens is 2. The number of benzene rings is 1. The summed E-state index contributed by atoms with van der Waals surface area (Å²) in [7, 11) is 0. The Morgan fingerprint density at radius 1 is 1.07 bits per heavy atom. The Morgan fingerprint density at radius 2 is 1.67 bits per heavy atom. The average Bonchev–Trinajstić information content (AvgIpc) is 3.44. The highest BCUT2D eigenvalue weighted by Gasteiger charge is 2.50. The fourth-order valence-electron chi connectivity index (χ4n) is 3.85. The molecule has 2 aliphatic rings. The van der Waals surface area contributed by atoms with Crippen LogP contribution in [0.3, 0.4) is 0 Å². The smallest absolute Gasteiger partial charge is 0.230 e. The van der Waals surface area contributed by atoms with Crippen molar-refractivity contribution < 1.29 is 9.59 Å². The Bertz CT molecular complexity index is 747. The summed E-state index contributed by atoms with van der Waals surface area (Å²) in [5, 5.41) is 3.89. The van der Waals surface area contributed by atoms with Gasteiger partial charge in [0.1, 0.15) is 0 Å². The van der Waals surface area contributed by atoms with Gasteiger partial charge in [-0.25, -0.2) is 0 Å². The highest BCUT2D eigenvalue weighted by Crippen LogP contribution is 2.54. The molecule has 0 radical (unpaired) electrons. The number of anilines is 1. The van der Waals surface area contributed by atoms with E-state index in [9.17, 15) is 9.59 Å². The van der Waals surface area contributed by atoms with Crippen molar-refractivity contribution in [1.29, 1.82) is 0 Å². The summed E-state index contributed by atoms with van der Waals surface area (Å²) in [6, 6.07) is 3.35. The number of carbonyl (C=O) groups is 2. The van der Waals surface area contributed by atoms with Gasteiger partial charge in [0.25, 0.3) is 0 Å². The molecular weight excluding hydrogens is 401 g/mol. The first-order valence-electron chi connectivity index (χ1n) is 9.66. The maximum absolute atomic E-state index is 13.3. The minimum atomic E-state index is -0.489. The number of amides is 1. The molecule has 0 saturated heterocycles. The lowest BCUT2D eigenvalue weighted by molar-refractivity contribution is -0.128. The first kappa shape index (κ1) is 21.0. The summed E-state index contributed by atoms with van der Waals surface area (Å²) < 4.78 is 0. The summed E-state index contributed by atoms with van der Waals surface area (Å²) in [5.41, 5.74) is -0.167. The predicted octanol–water partition coefficient (Wildman–Crippen LogP) is 6.96. The summed E-state index contributed by atoms with van der Waals surface area (Å²) in [6.07, 6.45) is 7.60. The van der Waals surface area contributed by atoms with Gasteiger partial charge in [-0.2, -0.15) is 0 Å². The lowest BCUT2D eigenvalue weighted by atomic mass is 9.69. The molecule has 2 fully saturated rings. The van der Waals surface area contributed by atoms with Gasteiger partial charge in [0.2, 0.25) is 5.91 Å². The number of hydrogen-bond donors (Lipinski definition) is 1. The summed E-state index contributed by atoms with van der Waals surface area (Å²) >= 11 is 13.5. The van der Waals surface area contributed by atoms with Gasteiger partial charge in [0, 0.05) is 10.3 Å². The normalized spacial score (nSPS) is 19.6. The van der Waals surface area contributed by atoms with E-state index in [1.807, 2.05) is 20.8 Å². The van der Waals surface area contributed by atoms with Gasteiger partial charge in [-0.1, -0.05) is 63.2 Å². The van der Waals surface area contributed by atoms with Crippen molar-refractivity contribution in [3.63, 3.8) is 0 Å². The molecule has 0 spiro atoms. The molecule has 2 aliphatic carbocycles. The third-order valence-corrected chi connectivity index (χ3v) is 7.72. The molecule has 27 heavy (non-hydrogen) atoms. The van der Waals surface area contributed by atoms with Crippen molar-refractivity contribution in [1.82, 2.24) is 0 Å². The lowest BCUT2D eigenvalue weighted by Gasteiger charge is -2.36. The van der Waals surface area contributed by atoms with Gasteiger partial charge in [-0.3, -0.25) is 9.59 Å². The SMILES string of the molecule is CC(C)(C)C(=O)Sc1cc(Cl)c(Cl)cc1NC(=O)C1(C2CC2)CCCCC1. The Morgan fingerprint density at radius 3 is 2.22 bits per heavy atom. The van der Waals surface area contributed by atoms with Gasteiger partial charge < -0.3 is 5.32 Å². The van der Waals surface area contributed by atoms with Gasteiger partial charge in [0.15, 0.2) is 5.12 Å². The topological polar surface area (TPSA) is 46.2 Å². The Hall–Kier alpha value is -0.710. The van der Waals surface area contributed by atoms with E-state index in [2.05, 4.69) is 5.32 Å². The molecule has 0 unspecified atom stereocenters. The zero-order valence-electron chi connectivity index (χ0n) is 16.2. The number of carbonyl (C=O) groups excluding carboxylic acids is 2. The second kappa shape index (κ2) is 7.96. The zero-order valence-corrected chi connectivity index (χ0v) is 18.5. The molecule has 0 heterocycles. The third kappa shape index (κ3) is 4.65. The Labute approximate surface area is 175 Å². The van der Waals surface area contributed by atoms with Crippen LogP contribution in [0.25, 0.3) is 0 Å². The van der Waals surface area contributed by atoms with Gasteiger partial charge >= 0.3 is 0 Å². The van der Waals surface area contributed by atoms with E-state index in [-0.39, 0.29) is 16.4 Å². The summed E-state index contributed by atoms with van der Waals surface area (Å²) in [5.74, 6) is 0.570. The second-order valence-electron chi connectivity index (χ2n) is 8.85. The molecule has 1 aromatic rings. The van der Waals surface area contributed by atoms with Gasteiger partial charge in [-0.15, -0.1) is 0 Å². The molecule has 148 valence electrons. The molecule has 3 rings (SSSR count). The molecule has 0 aliphatic heterocycles. The van der Waals surface area contributed by atoms with Crippen molar-refractivity contribution in [2.75, 3.05) is 5.32 Å². The van der Waals surface area contributed by atoms with Gasteiger partial charge in [-0.05, 0) is 55.5 Å². The van der Waals surface area contributed by atoms with Crippen LogP contribution in [0.4, 0.5) is 5.69 Å². The van der Waals surface area contributed by atoms with Crippen LogP contribution in [0.5, 0.6) is 0 Å². The van der Waals surface area contributed by atoms with Crippen LogP contribution in [0.2, 0.25) is 10.0 Å². The van der Waals surface area contributed by atoms with Crippen LogP contribution in [-0.2, 0) is 9.59 Å². The van der Waals surface area contributed by atoms with Crippen molar-refractivity contribution in [2.45, 2.75) is 70.6 Å². The fraction of sp³-hybridized carbons (Fsp3) is 0.619. The molecule has 3 nitrogen and oxygen atoms in total. The van der Waals surface area contributed by atoms with E-state index in [0.29, 0.717) is 26.5 Å². The van der Waals surface area contributed by atoms with Crippen LogP contribution in [-0.4, -0.2) is 11.0 Å². The molecule has 0 aromatic heterocycles. The van der Waals surface area contributed by atoms with Crippen molar-refractivity contribution in [2.24, 2.45) is 16.7 Å². The van der Waals surface area contributed by atoms with E-state index in [0.717, 1.165) is 50.3 Å². The molecule has 6 heteroatoms. The second-order valence-corrected chi connectivity index (χ2v) is 10.7. The largest absolute Gasteiger partial charge is 0.325 e.